The van der Waals surface area contributed by atoms with Crippen molar-refractivity contribution in [1.82, 2.24) is 15.5 Å². The van der Waals surface area contributed by atoms with Crippen LogP contribution in [0, 0.1) is 6.92 Å². The molecule has 1 unspecified atom stereocenters. The highest BCUT2D eigenvalue weighted by molar-refractivity contribution is 7.15. The Morgan fingerprint density at radius 1 is 1.44 bits per heavy atom. The van der Waals surface area contributed by atoms with E-state index < -0.39 is 11.7 Å². The van der Waals surface area contributed by atoms with Crippen LogP contribution in [-0.4, -0.2) is 34.5 Å². The number of aryl methyl sites for hydroxylation is 1. The number of hydrogen-bond acceptors (Lipinski definition) is 6. The lowest BCUT2D eigenvalue weighted by atomic mass is 10.2. The van der Waals surface area contributed by atoms with E-state index in [1.807, 2.05) is 34.6 Å². The van der Waals surface area contributed by atoms with Crippen molar-refractivity contribution < 1.29 is 9.53 Å². The Balaban J connectivity index is 2.29. The van der Waals surface area contributed by atoms with Crippen molar-refractivity contribution in [3.8, 4) is 0 Å². The third-order valence-electron chi connectivity index (χ3n) is 1.85. The standard InChI is InChI=1S/C11H20N4O2S/c1-7(13-9-15-14-8(2)18-9)6-12-10(16)17-11(3,4)5/h7H,6H2,1-5H3,(H,12,16)(H,13,15). The van der Waals surface area contributed by atoms with Gasteiger partial charge in [-0.05, 0) is 34.6 Å². The second-order valence-electron chi connectivity index (χ2n) is 5.05. The number of aromatic nitrogens is 2. The average molecular weight is 272 g/mol. The molecule has 0 fully saturated rings. The highest BCUT2D eigenvalue weighted by Gasteiger charge is 2.16. The van der Waals surface area contributed by atoms with E-state index in [-0.39, 0.29) is 6.04 Å². The molecule has 1 heterocycles. The summed E-state index contributed by atoms with van der Waals surface area (Å²) in [7, 11) is 0. The fourth-order valence-corrected chi connectivity index (χ4v) is 1.87. The van der Waals surface area contributed by atoms with Crippen LogP contribution in [0.15, 0.2) is 0 Å². The molecule has 0 aliphatic rings. The molecule has 2 N–H and O–H groups in total. The summed E-state index contributed by atoms with van der Waals surface area (Å²) in [5.74, 6) is 0. The lowest BCUT2D eigenvalue weighted by Crippen LogP contribution is -2.38. The number of amides is 1. The number of carbonyl (C=O) groups is 1. The van der Waals surface area contributed by atoms with Gasteiger partial charge >= 0.3 is 6.09 Å². The normalized spacial score (nSPS) is 12.9. The summed E-state index contributed by atoms with van der Waals surface area (Å²) in [5, 5.41) is 15.4. The van der Waals surface area contributed by atoms with Crippen LogP contribution < -0.4 is 10.6 Å². The van der Waals surface area contributed by atoms with Crippen LogP contribution in [0.5, 0.6) is 0 Å². The minimum absolute atomic E-state index is 0.0601. The maximum absolute atomic E-state index is 11.4. The summed E-state index contributed by atoms with van der Waals surface area (Å²) in [4.78, 5) is 11.4. The molecule has 102 valence electrons. The SMILES string of the molecule is Cc1nnc(NC(C)CNC(=O)OC(C)(C)C)s1. The Labute approximate surface area is 111 Å². The molecule has 1 rings (SSSR count). The van der Waals surface area contributed by atoms with E-state index in [1.165, 1.54) is 11.3 Å². The van der Waals surface area contributed by atoms with E-state index in [0.29, 0.717) is 6.54 Å². The molecule has 0 saturated heterocycles. The molecule has 0 spiro atoms. The van der Waals surface area contributed by atoms with E-state index in [4.69, 9.17) is 4.74 Å². The van der Waals surface area contributed by atoms with E-state index in [2.05, 4.69) is 20.8 Å². The molecule has 0 aliphatic carbocycles. The summed E-state index contributed by atoms with van der Waals surface area (Å²) < 4.78 is 5.14. The Morgan fingerprint density at radius 3 is 2.61 bits per heavy atom. The van der Waals surface area contributed by atoms with Gasteiger partial charge < -0.3 is 15.4 Å². The van der Waals surface area contributed by atoms with Crippen LogP contribution in [0.25, 0.3) is 0 Å². The first-order valence-electron chi connectivity index (χ1n) is 5.80. The molecule has 1 amide bonds. The minimum atomic E-state index is -0.475. The topological polar surface area (TPSA) is 76.1 Å². The highest BCUT2D eigenvalue weighted by atomic mass is 32.1. The summed E-state index contributed by atoms with van der Waals surface area (Å²) in [6.07, 6.45) is -0.412. The van der Waals surface area contributed by atoms with Gasteiger partial charge in [-0.1, -0.05) is 11.3 Å². The molecule has 18 heavy (non-hydrogen) atoms. The molecule has 0 aliphatic heterocycles. The van der Waals surface area contributed by atoms with Gasteiger partial charge in [-0.15, -0.1) is 10.2 Å². The number of nitrogens with one attached hydrogen (secondary N) is 2. The number of rotatable bonds is 4. The zero-order valence-electron chi connectivity index (χ0n) is 11.4. The molecule has 1 aromatic heterocycles. The number of anilines is 1. The Morgan fingerprint density at radius 2 is 2.11 bits per heavy atom. The molecule has 0 aromatic carbocycles. The van der Waals surface area contributed by atoms with Gasteiger partial charge in [0.05, 0.1) is 0 Å². The fourth-order valence-electron chi connectivity index (χ4n) is 1.17. The third-order valence-corrected chi connectivity index (χ3v) is 2.62. The van der Waals surface area contributed by atoms with Crippen LogP contribution in [0.4, 0.5) is 9.93 Å². The van der Waals surface area contributed by atoms with Crippen molar-refractivity contribution in [3.05, 3.63) is 5.01 Å². The van der Waals surface area contributed by atoms with Crippen molar-refractivity contribution in [2.75, 3.05) is 11.9 Å². The van der Waals surface area contributed by atoms with Crippen LogP contribution in [0.3, 0.4) is 0 Å². The van der Waals surface area contributed by atoms with Gasteiger partial charge in [-0.25, -0.2) is 4.79 Å². The summed E-state index contributed by atoms with van der Waals surface area (Å²) in [6, 6.07) is 0.0601. The van der Waals surface area contributed by atoms with Gasteiger partial charge in [0.15, 0.2) is 0 Å². The lowest BCUT2D eigenvalue weighted by Gasteiger charge is -2.21. The first-order chi connectivity index (χ1) is 8.26. The van der Waals surface area contributed by atoms with Crippen LogP contribution >= 0.6 is 11.3 Å². The van der Waals surface area contributed by atoms with Gasteiger partial charge in [0.1, 0.15) is 10.6 Å². The van der Waals surface area contributed by atoms with Gasteiger partial charge in [0.25, 0.3) is 0 Å². The van der Waals surface area contributed by atoms with Crippen LogP contribution in [0.2, 0.25) is 0 Å². The van der Waals surface area contributed by atoms with Crippen LogP contribution in [0.1, 0.15) is 32.7 Å². The second-order valence-corrected chi connectivity index (χ2v) is 6.24. The van der Waals surface area contributed by atoms with Crippen molar-refractivity contribution in [2.24, 2.45) is 0 Å². The Hall–Kier alpha value is -1.37. The van der Waals surface area contributed by atoms with Crippen molar-refractivity contribution >= 4 is 22.6 Å². The maximum atomic E-state index is 11.4. The van der Waals surface area contributed by atoms with Crippen molar-refractivity contribution in [2.45, 2.75) is 46.3 Å². The number of alkyl carbamates (subject to hydrolysis) is 1. The summed E-state index contributed by atoms with van der Waals surface area (Å²) in [5.41, 5.74) is -0.475. The number of carbonyl (C=O) groups excluding carboxylic acids is 1. The van der Waals surface area contributed by atoms with Gasteiger partial charge in [-0.3, -0.25) is 0 Å². The van der Waals surface area contributed by atoms with Gasteiger partial charge in [0.2, 0.25) is 5.13 Å². The molecule has 1 aromatic rings. The second kappa shape index (κ2) is 5.99. The maximum Gasteiger partial charge on any atom is 0.407 e. The number of hydrogen-bond donors (Lipinski definition) is 2. The smallest absolute Gasteiger partial charge is 0.407 e. The van der Waals surface area contributed by atoms with Crippen LogP contribution in [-0.2, 0) is 4.74 Å². The van der Waals surface area contributed by atoms with E-state index in [9.17, 15) is 4.79 Å². The Bertz CT molecular complexity index is 400. The molecule has 1 atom stereocenters. The molecule has 7 heteroatoms. The molecular formula is C11H20N4O2S. The number of nitrogens with zero attached hydrogens (tertiary/aromatic N) is 2. The molecule has 0 radical (unpaired) electrons. The quantitative estimate of drug-likeness (QED) is 0.878. The average Bonchev–Trinajstić information content (AvgIpc) is 2.58. The fraction of sp³-hybridized carbons (Fsp3) is 0.727. The first kappa shape index (κ1) is 14.7. The molecule has 6 nitrogen and oxygen atoms in total. The zero-order chi connectivity index (χ0) is 13.8. The zero-order valence-corrected chi connectivity index (χ0v) is 12.2. The molecular weight excluding hydrogens is 252 g/mol. The molecule has 0 bridgehead atoms. The molecule has 0 saturated carbocycles. The summed E-state index contributed by atoms with van der Waals surface area (Å²) in [6.45, 7) is 9.81. The third kappa shape index (κ3) is 5.81. The first-order valence-corrected chi connectivity index (χ1v) is 6.61. The lowest BCUT2D eigenvalue weighted by molar-refractivity contribution is 0.0526. The predicted octanol–water partition coefficient (Wildman–Crippen LogP) is 2.17. The monoisotopic (exact) mass is 272 g/mol. The van der Waals surface area contributed by atoms with Crippen molar-refractivity contribution in [1.29, 1.82) is 0 Å². The van der Waals surface area contributed by atoms with E-state index >= 15 is 0 Å². The van der Waals surface area contributed by atoms with Crippen molar-refractivity contribution in [3.63, 3.8) is 0 Å². The Kier molecular flexibility index (Phi) is 4.89. The number of ether oxygens (including phenoxy) is 1. The minimum Gasteiger partial charge on any atom is -0.444 e. The predicted molar refractivity (Wildman–Crippen MR) is 72.0 cm³/mol. The van der Waals surface area contributed by atoms with E-state index in [0.717, 1.165) is 10.1 Å². The van der Waals surface area contributed by atoms with E-state index in [1.54, 1.807) is 0 Å². The van der Waals surface area contributed by atoms with Gasteiger partial charge in [0, 0.05) is 12.6 Å². The summed E-state index contributed by atoms with van der Waals surface area (Å²) >= 11 is 1.48. The largest absolute Gasteiger partial charge is 0.444 e. The highest BCUT2D eigenvalue weighted by Crippen LogP contribution is 2.14. The van der Waals surface area contributed by atoms with Gasteiger partial charge in [-0.2, -0.15) is 0 Å².